The highest BCUT2D eigenvalue weighted by atomic mass is 16.7. The number of carbonyl (C=O) groups is 1. The molecule has 0 fully saturated rings. The van der Waals surface area contributed by atoms with Crippen molar-refractivity contribution in [1.82, 2.24) is 4.57 Å². The number of carbonyl (C=O) groups excluding carboxylic acids is 1. The van der Waals surface area contributed by atoms with E-state index in [1.165, 1.54) is 11.4 Å². The SMILES string of the molecule is COc1ccc(NC(=O)ON=C(C)c2ccc(-n3c(C)ccc3C)cc2)cc1. The fraction of sp³-hybridized carbons (Fsp3) is 0.182. The number of hydrogen-bond acceptors (Lipinski definition) is 4. The molecule has 1 amide bonds. The molecule has 2 aromatic carbocycles. The number of oxime groups is 1. The van der Waals surface area contributed by atoms with E-state index in [2.05, 4.69) is 41.0 Å². The second-order valence-corrected chi connectivity index (χ2v) is 6.41. The van der Waals surface area contributed by atoms with Gasteiger partial charge < -0.3 is 9.30 Å². The fourth-order valence-electron chi connectivity index (χ4n) is 2.91. The molecule has 0 unspecified atom stereocenters. The summed E-state index contributed by atoms with van der Waals surface area (Å²) >= 11 is 0. The van der Waals surface area contributed by atoms with Crippen LogP contribution in [0.15, 0.2) is 65.8 Å². The molecular formula is C22H23N3O3. The number of nitrogens with one attached hydrogen (secondary N) is 1. The van der Waals surface area contributed by atoms with Gasteiger partial charge in [0.15, 0.2) is 0 Å². The summed E-state index contributed by atoms with van der Waals surface area (Å²) in [6.07, 6.45) is -0.653. The van der Waals surface area contributed by atoms with Crippen molar-refractivity contribution >= 4 is 17.5 Å². The molecule has 0 aliphatic heterocycles. The summed E-state index contributed by atoms with van der Waals surface area (Å²) in [5.74, 6) is 0.710. The van der Waals surface area contributed by atoms with Gasteiger partial charge in [0.25, 0.3) is 0 Å². The van der Waals surface area contributed by atoms with E-state index >= 15 is 0 Å². The zero-order valence-electron chi connectivity index (χ0n) is 16.4. The van der Waals surface area contributed by atoms with Crippen LogP contribution in [0.1, 0.15) is 23.9 Å². The second kappa shape index (κ2) is 8.43. The van der Waals surface area contributed by atoms with E-state index in [1.54, 1.807) is 38.3 Å². The van der Waals surface area contributed by atoms with Crippen LogP contribution in [-0.4, -0.2) is 23.5 Å². The highest BCUT2D eigenvalue weighted by Gasteiger charge is 2.07. The Morgan fingerprint density at radius 3 is 2.11 bits per heavy atom. The minimum atomic E-state index is -0.653. The quantitative estimate of drug-likeness (QED) is 0.383. The molecule has 0 atom stereocenters. The van der Waals surface area contributed by atoms with Crippen LogP contribution in [0.2, 0.25) is 0 Å². The van der Waals surface area contributed by atoms with E-state index in [1.807, 2.05) is 24.3 Å². The number of benzene rings is 2. The first-order valence-electron chi connectivity index (χ1n) is 8.90. The van der Waals surface area contributed by atoms with E-state index in [0.717, 1.165) is 11.3 Å². The van der Waals surface area contributed by atoms with Gasteiger partial charge >= 0.3 is 6.09 Å². The van der Waals surface area contributed by atoms with Crippen LogP contribution in [-0.2, 0) is 4.84 Å². The molecule has 0 radical (unpaired) electrons. The van der Waals surface area contributed by atoms with E-state index in [4.69, 9.17) is 9.57 Å². The summed E-state index contributed by atoms with van der Waals surface area (Å²) in [6.45, 7) is 5.94. The average Bonchev–Trinajstić information content (AvgIpc) is 3.05. The van der Waals surface area contributed by atoms with Gasteiger partial charge in [-0.1, -0.05) is 17.3 Å². The monoisotopic (exact) mass is 377 g/mol. The summed E-state index contributed by atoms with van der Waals surface area (Å²) in [4.78, 5) is 16.9. The molecule has 28 heavy (non-hydrogen) atoms. The van der Waals surface area contributed by atoms with Gasteiger partial charge in [0.1, 0.15) is 5.75 Å². The third-order valence-corrected chi connectivity index (χ3v) is 4.42. The van der Waals surface area contributed by atoms with Crippen LogP contribution < -0.4 is 10.1 Å². The molecule has 0 aliphatic carbocycles. The summed E-state index contributed by atoms with van der Waals surface area (Å²) < 4.78 is 7.26. The first-order valence-corrected chi connectivity index (χ1v) is 8.90. The van der Waals surface area contributed by atoms with Gasteiger partial charge in [-0.3, -0.25) is 10.2 Å². The molecule has 1 aromatic heterocycles. The third-order valence-electron chi connectivity index (χ3n) is 4.42. The smallest absolute Gasteiger partial charge is 0.437 e. The van der Waals surface area contributed by atoms with E-state index in [9.17, 15) is 4.79 Å². The molecule has 1 N–H and O–H groups in total. The molecule has 3 aromatic rings. The fourth-order valence-corrected chi connectivity index (χ4v) is 2.91. The van der Waals surface area contributed by atoms with Crippen molar-refractivity contribution in [2.24, 2.45) is 5.16 Å². The second-order valence-electron chi connectivity index (χ2n) is 6.41. The maximum Gasteiger partial charge on any atom is 0.437 e. The Balaban J connectivity index is 1.63. The average molecular weight is 377 g/mol. The predicted molar refractivity (Wildman–Crippen MR) is 111 cm³/mol. The molecule has 144 valence electrons. The largest absolute Gasteiger partial charge is 0.497 e. The third kappa shape index (κ3) is 4.40. The number of aromatic nitrogens is 1. The number of methoxy groups -OCH3 is 1. The van der Waals surface area contributed by atoms with Crippen LogP contribution in [0.3, 0.4) is 0 Å². The topological polar surface area (TPSA) is 64.8 Å². The lowest BCUT2D eigenvalue weighted by Gasteiger charge is -2.10. The van der Waals surface area contributed by atoms with Crippen molar-refractivity contribution in [3.8, 4) is 11.4 Å². The lowest BCUT2D eigenvalue weighted by Crippen LogP contribution is -2.12. The summed E-state index contributed by atoms with van der Waals surface area (Å²) in [5.41, 5.74) is 5.51. The van der Waals surface area contributed by atoms with Crippen molar-refractivity contribution in [3.05, 3.63) is 77.6 Å². The number of ether oxygens (including phenoxy) is 1. The zero-order valence-corrected chi connectivity index (χ0v) is 16.4. The molecule has 0 aliphatic rings. The lowest BCUT2D eigenvalue weighted by molar-refractivity contribution is 0.166. The van der Waals surface area contributed by atoms with Crippen LogP contribution in [0, 0.1) is 13.8 Å². The van der Waals surface area contributed by atoms with Gasteiger partial charge in [-0.2, -0.15) is 0 Å². The van der Waals surface area contributed by atoms with Gasteiger partial charge in [0.05, 0.1) is 12.8 Å². The van der Waals surface area contributed by atoms with Crippen LogP contribution in [0.4, 0.5) is 10.5 Å². The van der Waals surface area contributed by atoms with Crippen LogP contribution in [0.5, 0.6) is 5.75 Å². The first kappa shape index (κ1) is 19.2. The Morgan fingerprint density at radius 1 is 0.929 bits per heavy atom. The van der Waals surface area contributed by atoms with E-state index in [0.29, 0.717) is 17.1 Å². The van der Waals surface area contributed by atoms with Gasteiger partial charge in [0, 0.05) is 22.8 Å². The van der Waals surface area contributed by atoms with Crippen LogP contribution in [0.25, 0.3) is 5.69 Å². The van der Waals surface area contributed by atoms with E-state index < -0.39 is 6.09 Å². The number of anilines is 1. The summed E-state index contributed by atoms with van der Waals surface area (Å²) in [6, 6.07) is 19.1. The van der Waals surface area contributed by atoms with Gasteiger partial charge in [-0.05, 0) is 74.9 Å². The molecule has 1 heterocycles. The Kier molecular flexibility index (Phi) is 5.79. The number of amides is 1. The van der Waals surface area contributed by atoms with Crippen LogP contribution >= 0.6 is 0 Å². The minimum Gasteiger partial charge on any atom is -0.497 e. The van der Waals surface area contributed by atoms with Gasteiger partial charge in [-0.15, -0.1) is 0 Å². The number of nitrogens with zero attached hydrogens (tertiary/aromatic N) is 2. The molecule has 0 saturated heterocycles. The molecule has 0 saturated carbocycles. The molecule has 6 nitrogen and oxygen atoms in total. The molecule has 6 heteroatoms. The number of hydrogen-bond donors (Lipinski definition) is 1. The Morgan fingerprint density at radius 2 is 1.54 bits per heavy atom. The Labute approximate surface area is 164 Å². The van der Waals surface area contributed by atoms with Crippen molar-refractivity contribution in [2.45, 2.75) is 20.8 Å². The zero-order chi connectivity index (χ0) is 20.1. The normalized spacial score (nSPS) is 11.2. The number of rotatable bonds is 5. The van der Waals surface area contributed by atoms with Gasteiger partial charge in [0.2, 0.25) is 0 Å². The van der Waals surface area contributed by atoms with Crippen molar-refractivity contribution in [1.29, 1.82) is 0 Å². The lowest BCUT2D eigenvalue weighted by atomic mass is 10.1. The molecule has 0 bridgehead atoms. The van der Waals surface area contributed by atoms with Crippen molar-refractivity contribution in [3.63, 3.8) is 0 Å². The van der Waals surface area contributed by atoms with Crippen molar-refractivity contribution < 1.29 is 14.4 Å². The van der Waals surface area contributed by atoms with E-state index in [-0.39, 0.29) is 0 Å². The van der Waals surface area contributed by atoms with Crippen molar-refractivity contribution in [2.75, 3.05) is 12.4 Å². The standard InChI is InChI=1S/C22H23N3O3/c1-15-5-6-16(2)25(15)20-11-7-18(8-12-20)17(3)24-28-22(26)23-19-9-13-21(27-4)14-10-19/h5-14H,1-4H3,(H,23,26). The molecule has 3 rings (SSSR count). The Bertz CT molecular complexity index is 967. The number of aryl methyl sites for hydroxylation is 2. The summed E-state index contributed by atoms with van der Waals surface area (Å²) in [7, 11) is 1.58. The maximum absolute atomic E-state index is 11.9. The first-order chi connectivity index (χ1) is 13.5. The molecule has 0 spiro atoms. The maximum atomic E-state index is 11.9. The summed E-state index contributed by atoms with van der Waals surface area (Å²) in [5, 5.41) is 6.54. The van der Waals surface area contributed by atoms with Gasteiger partial charge in [-0.25, -0.2) is 4.79 Å². The highest BCUT2D eigenvalue weighted by Crippen LogP contribution is 2.18. The minimum absolute atomic E-state index is 0.598. The molecular weight excluding hydrogens is 354 g/mol. The predicted octanol–water partition coefficient (Wildman–Crippen LogP) is 5.08. The highest BCUT2D eigenvalue weighted by molar-refractivity contribution is 5.99. The Hall–Kier alpha value is -3.54.